The Bertz CT molecular complexity index is 2250. The Morgan fingerprint density at radius 1 is 0.745 bits per heavy atom. The second-order valence-electron chi connectivity index (χ2n) is 13.7. The maximum atomic E-state index is 6.74. The Balaban J connectivity index is 1.36. The van der Waals surface area contributed by atoms with Crippen molar-refractivity contribution in [2.24, 2.45) is 0 Å². The summed E-state index contributed by atoms with van der Waals surface area (Å²) in [5, 5.41) is 7.44. The lowest BCUT2D eigenvalue weighted by Crippen LogP contribution is -2.12. The van der Waals surface area contributed by atoms with E-state index >= 15 is 0 Å². The van der Waals surface area contributed by atoms with Crippen molar-refractivity contribution in [3.8, 4) is 34.1 Å². The van der Waals surface area contributed by atoms with Gasteiger partial charge in [0.1, 0.15) is 17.3 Å². The van der Waals surface area contributed by atoms with Gasteiger partial charge in [0.2, 0.25) is 0 Å². The standard InChI is InChI=1S/C42H42N4O/c1-8-12-30-15-18-38-37(22-30)36-17-16-34(26-39(36)45(38)40-21-27(2)19-20-43-40)47-35-24-32(42(5,6)7)23-33(25-35)46-29(4)41(28(3)44-46)31-13-10-9-11-14-31/h9-11,13-26H,8,12H2,1-7H3. The number of benzene rings is 4. The van der Waals surface area contributed by atoms with Crippen molar-refractivity contribution in [2.45, 2.75) is 66.7 Å². The van der Waals surface area contributed by atoms with Crippen molar-refractivity contribution in [2.75, 3.05) is 0 Å². The molecule has 0 bridgehead atoms. The van der Waals surface area contributed by atoms with Gasteiger partial charge in [0.25, 0.3) is 0 Å². The van der Waals surface area contributed by atoms with Crippen LogP contribution in [0.25, 0.3) is 44.4 Å². The molecular weight excluding hydrogens is 576 g/mol. The molecule has 0 spiro atoms. The third-order valence-electron chi connectivity index (χ3n) is 9.06. The summed E-state index contributed by atoms with van der Waals surface area (Å²) >= 11 is 0. The van der Waals surface area contributed by atoms with E-state index in [1.165, 1.54) is 38.6 Å². The van der Waals surface area contributed by atoms with Crippen molar-refractivity contribution in [3.05, 3.63) is 131 Å². The van der Waals surface area contributed by atoms with Crippen LogP contribution in [-0.2, 0) is 11.8 Å². The molecular formula is C42H42N4O. The molecule has 0 fully saturated rings. The predicted octanol–water partition coefficient (Wildman–Crippen LogP) is 11.0. The number of pyridine rings is 1. The summed E-state index contributed by atoms with van der Waals surface area (Å²) in [5.74, 6) is 2.46. The van der Waals surface area contributed by atoms with Gasteiger partial charge in [-0.05, 0) is 103 Å². The molecule has 5 heteroatoms. The molecule has 0 N–H and O–H groups in total. The summed E-state index contributed by atoms with van der Waals surface area (Å²) in [7, 11) is 0. The van der Waals surface area contributed by atoms with E-state index in [0.29, 0.717) is 0 Å². The Morgan fingerprint density at radius 2 is 1.55 bits per heavy atom. The number of hydrogen-bond donors (Lipinski definition) is 0. The van der Waals surface area contributed by atoms with Crippen LogP contribution in [0.15, 0.2) is 103 Å². The number of nitrogens with zero attached hydrogens (tertiary/aromatic N) is 4. The lowest BCUT2D eigenvalue weighted by atomic mass is 9.86. The highest BCUT2D eigenvalue weighted by atomic mass is 16.5. The minimum absolute atomic E-state index is 0.0874. The first-order valence-electron chi connectivity index (χ1n) is 16.6. The SMILES string of the molecule is CCCc1ccc2c(c1)c1ccc(Oc3cc(-n4nc(C)c(-c5ccccc5)c4C)cc(C(C)(C)C)c3)cc1n2-c1cc(C)ccn1. The number of aryl methyl sites for hydroxylation is 3. The molecule has 0 unspecified atom stereocenters. The summed E-state index contributed by atoms with van der Waals surface area (Å²) in [6.45, 7) is 15.3. The zero-order valence-electron chi connectivity index (χ0n) is 28.4. The van der Waals surface area contributed by atoms with Crippen molar-refractivity contribution in [1.29, 1.82) is 0 Å². The Kier molecular flexibility index (Phi) is 7.71. The topological polar surface area (TPSA) is 44.9 Å². The van der Waals surface area contributed by atoms with Crippen molar-refractivity contribution >= 4 is 21.8 Å². The average molecular weight is 619 g/mol. The van der Waals surface area contributed by atoms with Crippen LogP contribution in [0.1, 0.15) is 62.2 Å². The highest BCUT2D eigenvalue weighted by Crippen LogP contribution is 2.38. The summed E-state index contributed by atoms with van der Waals surface area (Å²) in [4.78, 5) is 4.79. The second kappa shape index (κ2) is 11.9. The third kappa shape index (κ3) is 5.71. The van der Waals surface area contributed by atoms with Gasteiger partial charge >= 0.3 is 0 Å². The molecule has 7 rings (SSSR count). The van der Waals surface area contributed by atoms with Gasteiger partial charge < -0.3 is 4.74 Å². The molecule has 0 saturated carbocycles. The molecule has 0 aliphatic rings. The summed E-state index contributed by atoms with van der Waals surface area (Å²) in [6.07, 6.45) is 4.05. The van der Waals surface area contributed by atoms with E-state index < -0.39 is 0 Å². The van der Waals surface area contributed by atoms with Crippen LogP contribution in [0.2, 0.25) is 0 Å². The molecule has 3 aromatic heterocycles. The molecule has 0 atom stereocenters. The highest BCUT2D eigenvalue weighted by molar-refractivity contribution is 6.09. The minimum Gasteiger partial charge on any atom is -0.457 e. The van der Waals surface area contributed by atoms with Gasteiger partial charge in [-0.3, -0.25) is 4.57 Å². The summed E-state index contributed by atoms with van der Waals surface area (Å²) in [6, 6.07) is 34.4. The van der Waals surface area contributed by atoms with Crippen molar-refractivity contribution in [3.63, 3.8) is 0 Å². The van der Waals surface area contributed by atoms with Gasteiger partial charge in [-0.1, -0.05) is 70.5 Å². The molecule has 0 radical (unpaired) electrons. The molecule has 0 saturated heterocycles. The first-order chi connectivity index (χ1) is 22.6. The van der Waals surface area contributed by atoms with E-state index in [2.05, 4.69) is 143 Å². The van der Waals surface area contributed by atoms with Crippen LogP contribution in [0, 0.1) is 20.8 Å². The van der Waals surface area contributed by atoms with E-state index in [1.54, 1.807) is 0 Å². The smallest absolute Gasteiger partial charge is 0.137 e. The first kappa shape index (κ1) is 30.5. The van der Waals surface area contributed by atoms with Crippen LogP contribution >= 0.6 is 0 Å². The van der Waals surface area contributed by atoms with Gasteiger partial charge in [0, 0.05) is 40.4 Å². The quantitative estimate of drug-likeness (QED) is 0.178. The lowest BCUT2D eigenvalue weighted by molar-refractivity contribution is 0.478. The Morgan fingerprint density at radius 3 is 2.30 bits per heavy atom. The van der Waals surface area contributed by atoms with Crippen LogP contribution in [0.4, 0.5) is 0 Å². The predicted molar refractivity (Wildman–Crippen MR) is 195 cm³/mol. The fourth-order valence-electron chi connectivity index (χ4n) is 6.70. The zero-order valence-corrected chi connectivity index (χ0v) is 28.4. The maximum absolute atomic E-state index is 6.74. The highest BCUT2D eigenvalue weighted by Gasteiger charge is 2.21. The molecule has 0 aliphatic heterocycles. The van der Waals surface area contributed by atoms with Gasteiger partial charge in [0.05, 0.1) is 22.4 Å². The van der Waals surface area contributed by atoms with E-state index in [0.717, 1.165) is 58.3 Å². The zero-order chi connectivity index (χ0) is 32.9. The van der Waals surface area contributed by atoms with Crippen molar-refractivity contribution in [1.82, 2.24) is 19.3 Å². The molecule has 5 nitrogen and oxygen atoms in total. The molecule has 4 aromatic carbocycles. The number of aromatic nitrogens is 4. The number of rotatable bonds is 7. The van der Waals surface area contributed by atoms with Crippen LogP contribution in [-0.4, -0.2) is 19.3 Å². The Labute approximate surface area is 277 Å². The molecule has 47 heavy (non-hydrogen) atoms. The van der Waals surface area contributed by atoms with Gasteiger partial charge in [-0.15, -0.1) is 0 Å². The molecule has 236 valence electrons. The third-order valence-corrected chi connectivity index (χ3v) is 9.06. The van der Waals surface area contributed by atoms with E-state index in [1.807, 2.05) is 18.3 Å². The number of ether oxygens (including phenoxy) is 1. The van der Waals surface area contributed by atoms with E-state index in [9.17, 15) is 0 Å². The largest absolute Gasteiger partial charge is 0.457 e. The fraction of sp³-hybridized carbons (Fsp3) is 0.238. The van der Waals surface area contributed by atoms with Gasteiger partial charge in [-0.25, -0.2) is 9.67 Å². The second-order valence-corrected chi connectivity index (χ2v) is 13.7. The van der Waals surface area contributed by atoms with Crippen LogP contribution in [0.5, 0.6) is 11.5 Å². The van der Waals surface area contributed by atoms with Crippen LogP contribution in [0.3, 0.4) is 0 Å². The van der Waals surface area contributed by atoms with E-state index in [-0.39, 0.29) is 5.41 Å². The monoisotopic (exact) mass is 618 g/mol. The maximum Gasteiger partial charge on any atom is 0.137 e. The van der Waals surface area contributed by atoms with E-state index in [4.69, 9.17) is 14.8 Å². The summed E-state index contributed by atoms with van der Waals surface area (Å²) < 4.78 is 11.1. The molecule has 7 aromatic rings. The Hall–Kier alpha value is -5.16. The normalized spacial score (nSPS) is 11.9. The molecule has 3 heterocycles. The minimum atomic E-state index is -0.0874. The molecule has 0 amide bonds. The number of fused-ring (bicyclic) bond motifs is 3. The average Bonchev–Trinajstić information content (AvgIpc) is 3.53. The lowest BCUT2D eigenvalue weighted by Gasteiger charge is -2.22. The van der Waals surface area contributed by atoms with Gasteiger partial charge in [-0.2, -0.15) is 5.10 Å². The van der Waals surface area contributed by atoms with Gasteiger partial charge in [0.15, 0.2) is 0 Å². The van der Waals surface area contributed by atoms with Crippen molar-refractivity contribution < 1.29 is 4.74 Å². The first-order valence-corrected chi connectivity index (χ1v) is 16.6. The molecule has 0 aliphatic carbocycles. The fourth-order valence-corrected chi connectivity index (χ4v) is 6.70. The van der Waals surface area contributed by atoms with Crippen LogP contribution < -0.4 is 4.74 Å². The summed E-state index contributed by atoms with van der Waals surface area (Å²) in [5.41, 5.74) is 11.3. The number of hydrogen-bond acceptors (Lipinski definition) is 3.